The van der Waals surface area contributed by atoms with Crippen molar-refractivity contribution in [2.45, 2.75) is 43.9 Å². The standard InChI is InChI=1S/C21H30ClN5OS/c1-29-14-19-12-27(18(13-28-19)10-15-2-4-16(22)5-3-15)17-6-8-26(9-7-17)21-11-20(23)24-25-21/h2-5,17-19H,6-14H2,1H3,(H2,23,24)/t18-,19+/m0/s1. The second kappa shape index (κ2) is 9.69. The molecule has 3 aliphatic rings. The van der Waals surface area contributed by atoms with Gasteiger partial charge in [0.2, 0.25) is 0 Å². The number of nitrogens with two attached hydrogens (primary N) is 1. The molecule has 29 heavy (non-hydrogen) atoms. The van der Waals surface area contributed by atoms with Crippen molar-refractivity contribution in [2.24, 2.45) is 15.9 Å². The summed E-state index contributed by atoms with van der Waals surface area (Å²) in [5, 5.41) is 9.04. The molecular formula is C21H30ClN5OS. The van der Waals surface area contributed by atoms with Crippen molar-refractivity contribution in [1.29, 1.82) is 0 Å². The first-order valence-electron chi connectivity index (χ1n) is 10.4. The molecule has 0 saturated carbocycles. The lowest BCUT2D eigenvalue weighted by atomic mass is 9.96. The van der Waals surface area contributed by atoms with E-state index in [1.807, 2.05) is 23.9 Å². The molecule has 3 heterocycles. The van der Waals surface area contributed by atoms with Crippen LogP contribution < -0.4 is 5.73 Å². The van der Waals surface area contributed by atoms with E-state index in [1.165, 1.54) is 5.56 Å². The number of likely N-dealkylation sites (tertiary alicyclic amines) is 1. The second-order valence-electron chi connectivity index (χ2n) is 8.09. The van der Waals surface area contributed by atoms with E-state index in [-0.39, 0.29) is 0 Å². The molecule has 0 amide bonds. The van der Waals surface area contributed by atoms with Crippen LogP contribution in [0.2, 0.25) is 5.02 Å². The van der Waals surface area contributed by atoms with Gasteiger partial charge in [0.1, 0.15) is 11.7 Å². The molecular weight excluding hydrogens is 406 g/mol. The highest BCUT2D eigenvalue weighted by molar-refractivity contribution is 7.98. The Kier molecular flexibility index (Phi) is 7.00. The zero-order valence-corrected chi connectivity index (χ0v) is 18.5. The highest BCUT2D eigenvalue weighted by atomic mass is 35.5. The Balaban J connectivity index is 1.40. The van der Waals surface area contributed by atoms with Crippen LogP contribution in [0.5, 0.6) is 0 Å². The van der Waals surface area contributed by atoms with Crippen LogP contribution in [0.3, 0.4) is 0 Å². The third-order valence-corrected chi connectivity index (χ3v) is 7.03. The molecule has 2 N–H and O–H groups in total. The SMILES string of the molecule is CSC[C@H]1CN(C2CCN(C3=NN=C(N)C3)CC2)[C@@H](Cc2ccc(Cl)cc2)CO1. The second-order valence-corrected chi connectivity index (χ2v) is 9.44. The summed E-state index contributed by atoms with van der Waals surface area (Å²) in [6.45, 7) is 3.85. The van der Waals surface area contributed by atoms with Crippen LogP contribution in [-0.2, 0) is 11.2 Å². The molecule has 2 saturated heterocycles. The molecule has 158 valence electrons. The van der Waals surface area contributed by atoms with Gasteiger partial charge in [-0.05, 0) is 43.2 Å². The molecule has 0 spiro atoms. The van der Waals surface area contributed by atoms with Gasteiger partial charge in [0.25, 0.3) is 0 Å². The summed E-state index contributed by atoms with van der Waals surface area (Å²) < 4.78 is 6.22. The zero-order valence-electron chi connectivity index (χ0n) is 17.0. The highest BCUT2D eigenvalue weighted by Crippen LogP contribution is 2.27. The molecule has 6 nitrogen and oxygen atoms in total. The van der Waals surface area contributed by atoms with Crippen LogP contribution >= 0.6 is 23.4 Å². The Morgan fingerprint density at radius 3 is 2.62 bits per heavy atom. The van der Waals surface area contributed by atoms with Crippen LogP contribution in [0.25, 0.3) is 0 Å². The number of thioether (sulfide) groups is 1. The monoisotopic (exact) mass is 435 g/mol. The Morgan fingerprint density at radius 2 is 1.97 bits per heavy atom. The summed E-state index contributed by atoms with van der Waals surface area (Å²) in [4.78, 5) is 5.07. The van der Waals surface area contributed by atoms with E-state index in [2.05, 4.69) is 38.4 Å². The summed E-state index contributed by atoms with van der Waals surface area (Å²) in [7, 11) is 0. The quantitative estimate of drug-likeness (QED) is 0.770. The van der Waals surface area contributed by atoms with Gasteiger partial charge in [0.05, 0.1) is 19.1 Å². The number of benzene rings is 1. The number of rotatable bonds is 5. The predicted molar refractivity (Wildman–Crippen MR) is 122 cm³/mol. The number of hydrogen-bond donors (Lipinski definition) is 1. The number of piperidine rings is 1. The molecule has 1 aromatic carbocycles. The summed E-state index contributed by atoms with van der Waals surface area (Å²) in [5.74, 6) is 2.70. The van der Waals surface area contributed by atoms with Crippen LogP contribution in [-0.4, -0.2) is 77.9 Å². The first-order valence-corrected chi connectivity index (χ1v) is 12.1. The zero-order chi connectivity index (χ0) is 20.2. The van der Waals surface area contributed by atoms with E-state index < -0.39 is 0 Å². The van der Waals surface area contributed by atoms with E-state index in [0.29, 0.717) is 30.4 Å². The first kappa shape index (κ1) is 21.0. The van der Waals surface area contributed by atoms with Gasteiger partial charge in [0, 0.05) is 42.5 Å². The van der Waals surface area contributed by atoms with E-state index in [0.717, 1.165) is 62.1 Å². The Bertz CT molecular complexity index is 748. The third kappa shape index (κ3) is 5.26. The van der Waals surface area contributed by atoms with Crippen molar-refractivity contribution in [3.8, 4) is 0 Å². The molecule has 0 radical (unpaired) electrons. The van der Waals surface area contributed by atoms with Crippen molar-refractivity contribution < 1.29 is 4.74 Å². The van der Waals surface area contributed by atoms with Gasteiger partial charge in [-0.3, -0.25) is 4.90 Å². The van der Waals surface area contributed by atoms with Gasteiger partial charge in [-0.1, -0.05) is 23.7 Å². The maximum atomic E-state index is 6.22. The summed E-state index contributed by atoms with van der Waals surface area (Å²) in [6.07, 6.45) is 6.45. The maximum absolute atomic E-state index is 6.22. The number of amidine groups is 2. The molecule has 0 aliphatic carbocycles. The van der Waals surface area contributed by atoms with Gasteiger partial charge < -0.3 is 15.4 Å². The van der Waals surface area contributed by atoms with Gasteiger partial charge in [-0.15, -0.1) is 10.2 Å². The molecule has 8 heteroatoms. The van der Waals surface area contributed by atoms with Crippen LogP contribution in [0.1, 0.15) is 24.8 Å². The topological polar surface area (TPSA) is 66.5 Å². The Morgan fingerprint density at radius 1 is 1.21 bits per heavy atom. The van der Waals surface area contributed by atoms with Crippen LogP contribution in [0, 0.1) is 0 Å². The number of morpholine rings is 1. The summed E-state index contributed by atoms with van der Waals surface area (Å²) >= 11 is 7.93. The normalized spacial score (nSPS) is 26.5. The average Bonchev–Trinajstić information content (AvgIpc) is 3.17. The molecule has 2 fully saturated rings. The van der Waals surface area contributed by atoms with Gasteiger partial charge >= 0.3 is 0 Å². The minimum absolute atomic E-state index is 0.317. The van der Waals surface area contributed by atoms with Gasteiger partial charge in [0.15, 0.2) is 0 Å². The predicted octanol–water partition coefficient (Wildman–Crippen LogP) is 2.85. The van der Waals surface area contributed by atoms with Crippen molar-refractivity contribution >= 4 is 35.0 Å². The number of halogens is 1. The minimum Gasteiger partial charge on any atom is -0.385 e. The first-order chi connectivity index (χ1) is 14.1. The molecule has 2 atom stereocenters. The molecule has 3 aliphatic heterocycles. The van der Waals surface area contributed by atoms with Gasteiger partial charge in [-0.2, -0.15) is 11.8 Å². The fourth-order valence-corrected chi connectivity index (χ4v) is 5.27. The van der Waals surface area contributed by atoms with Gasteiger partial charge in [-0.25, -0.2) is 0 Å². The largest absolute Gasteiger partial charge is 0.385 e. The van der Waals surface area contributed by atoms with Crippen molar-refractivity contribution in [1.82, 2.24) is 9.80 Å². The molecule has 4 rings (SSSR count). The molecule has 1 aromatic rings. The number of ether oxygens (including phenoxy) is 1. The van der Waals surface area contributed by atoms with E-state index in [1.54, 1.807) is 0 Å². The average molecular weight is 436 g/mol. The molecule has 0 unspecified atom stereocenters. The van der Waals surface area contributed by atoms with E-state index in [4.69, 9.17) is 22.1 Å². The molecule has 0 bridgehead atoms. The lowest BCUT2D eigenvalue weighted by Gasteiger charge is -2.47. The third-order valence-electron chi connectivity index (χ3n) is 6.08. The number of hydrogen-bond acceptors (Lipinski definition) is 7. The highest BCUT2D eigenvalue weighted by Gasteiger charge is 2.36. The molecule has 0 aromatic heterocycles. The van der Waals surface area contributed by atoms with E-state index in [9.17, 15) is 0 Å². The fourth-order valence-electron chi connectivity index (χ4n) is 4.57. The number of nitrogens with zero attached hydrogens (tertiary/aromatic N) is 4. The van der Waals surface area contributed by atoms with Crippen molar-refractivity contribution in [2.75, 3.05) is 38.2 Å². The van der Waals surface area contributed by atoms with Crippen molar-refractivity contribution in [3.63, 3.8) is 0 Å². The minimum atomic E-state index is 0.317. The van der Waals surface area contributed by atoms with Crippen molar-refractivity contribution in [3.05, 3.63) is 34.9 Å². The lowest BCUT2D eigenvalue weighted by molar-refractivity contribution is -0.0758. The summed E-state index contributed by atoms with van der Waals surface area (Å²) in [5.41, 5.74) is 7.12. The van der Waals surface area contributed by atoms with Crippen LogP contribution in [0.15, 0.2) is 34.5 Å². The fraction of sp³-hybridized carbons (Fsp3) is 0.619. The Hall–Kier alpha value is -1.28. The Labute approximate surface area is 182 Å². The lowest BCUT2D eigenvalue weighted by Crippen LogP contribution is -2.58. The van der Waals surface area contributed by atoms with Crippen LogP contribution in [0.4, 0.5) is 0 Å². The smallest absolute Gasteiger partial charge is 0.135 e. The maximum Gasteiger partial charge on any atom is 0.135 e. The van der Waals surface area contributed by atoms with E-state index >= 15 is 0 Å². The summed E-state index contributed by atoms with van der Waals surface area (Å²) in [6, 6.07) is 9.23.